The number of nitrogens with two attached hydrogens (primary N) is 1. The van der Waals surface area contributed by atoms with Crippen molar-refractivity contribution >= 4 is 21.8 Å². The molecule has 1 unspecified atom stereocenters. The largest absolute Gasteiger partial charge is 0.390 e. The summed E-state index contributed by atoms with van der Waals surface area (Å²) in [6.45, 7) is -0.330. The average Bonchev–Trinajstić information content (AvgIpc) is 3.41. The highest BCUT2D eigenvalue weighted by Crippen LogP contribution is 2.30. The molecule has 182 valence electrons. The fraction of sp³-hybridized carbons (Fsp3) is 0.273. The Bertz CT molecular complexity index is 1450. The molecule has 0 spiro atoms. The van der Waals surface area contributed by atoms with Gasteiger partial charge in [-0.3, -0.25) is 9.17 Å². The number of nitrogens with one attached hydrogen (secondary N) is 1. The highest BCUT2D eigenvalue weighted by Gasteiger charge is 2.42. The van der Waals surface area contributed by atoms with E-state index in [0.717, 1.165) is 5.56 Å². The van der Waals surface area contributed by atoms with Crippen molar-refractivity contribution in [1.29, 1.82) is 0 Å². The SMILES string of the molecule is NS(=O)(=O)OCC1C[C@@H](Nc2ccnc3cc(-c4cncc(-c5ccccc5)n4)nn23)[C@H](O)[C@@H]1O. The van der Waals surface area contributed by atoms with E-state index < -0.39 is 34.5 Å². The van der Waals surface area contributed by atoms with Gasteiger partial charge in [-0.2, -0.15) is 18.0 Å². The molecule has 5 N–H and O–H groups in total. The van der Waals surface area contributed by atoms with Crippen molar-refractivity contribution in [2.24, 2.45) is 11.1 Å². The molecular weight excluding hydrogens is 474 g/mol. The van der Waals surface area contributed by atoms with Crippen LogP contribution in [0.2, 0.25) is 0 Å². The van der Waals surface area contributed by atoms with Gasteiger partial charge < -0.3 is 15.5 Å². The van der Waals surface area contributed by atoms with Crippen LogP contribution in [0, 0.1) is 5.92 Å². The van der Waals surface area contributed by atoms with Crippen molar-refractivity contribution in [2.75, 3.05) is 11.9 Å². The minimum atomic E-state index is -4.15. The molecule has 35 heavy (non-hydrogen) atoms. The molecule has 3 aromatic heterocycles. The number of rotatable bonds is 7. The molecule has 1 aromatic carbocycles. The summed E-state index contributed by atoms with van der Waals surface area (Å²) in [7, 11) is -4.15. The fourth-order valence-corrected chi connectivity index (χ4v) is 4.54. The maximum absolute atomic E-state index is 11.1. The number of fused-ring (bicyclic) bond motifs is 1. The smallest absolute Gasteiger partial charge is 0.333 e. The number of aliphatic hydroxyl groups is 2. The van der Waals surface area contributed by atoms with E-state index in [4.69, 9.17) is 5.14 Å². The molecule has 0 saturated heterocycles. The van der Waals surface area contributed by atoms with E-state index in [1.807, 2.05) is 30.3 Å². The van der Waals surface area contributed by atoms with Gasteiger partial charge in [-0.15, -0.1) is 0 Å². The molecule has 0 bridgehead atoms. The number of anilines is 1. The van der Waals surface area contributed by atoms with E-state index in [0.29, 0.717) is 28.5 Å². The summed E-state index contributed by atoms with van der Waals surface area (Å²) in [4.78, 5) is 13.3. The summed E-state index contributed by atoms with van der Waals surface area (Å²) in [5.74, 6) is -0.0972. The van der Waals surface area contributed by atoms with Crippen molar-refractivity contribution in [1.82, 2.24) is 24.6 Å². The number of hydrogen-bond donors (Lipinski definition) is 4. The van der Waals surface area contributed by atoms with Gasteiger partial charge in [0.2, 0.25) is 0 Å². The number of aliphatic hydroxyl groups excluding tert-OH is 2. The van der Waals surface area contributed by atoms with Crippen molar-refractivity contribution in [2.45, 2.75) is 24.7 Å². The van der Waals surface area contributed by atoms with Crippen LogP contribution in [0.4, 0.5) is 5.82 Å². The van der Waals surface area contributed by atoms with Crippen LogP contribution >= 0.6 is 0 Å². The molecule has 4 atom stereocenters. The van der Waals surface area contributed by atoms with Gasteiger partial charge in [-0.1, -0.05) is 30.3 Å². The van der Waals surface area contributed by atoms with Gasteiger partial charge in [0.05, 0.1) is 36.8 Å². The Balaban J connectivity index is 1.39. The molecule has 5 rings (SSSR count). The molecule has 3 heterocycles. The number of benzene rings is 1. The van der Waals surface area contributed by atoms with Gasteiger partial charge in [0.1, 0.15) is 23.3 Å². The van der Waals surface area contributed by atoms with Gasteiger partial charge in [-0.25, -0.2) is 15.1 Å². The lowest BCUT2D eigenvalue weighted by atomic mass is 10.1. The summed E-state index contributed by atoms with van der Waals surface area (Å²) in [5, 5.41) is 33.5. The lowest BCUT2D eigenvalue weighted by Crippen LogP contribution is -2.36. The van der Waals surface area contributed by atoms with E-state index >= 15 is 0 Å². The zero-order valence-electron chi connectivity index (χ0n) is 18.3. The van der Waals surface area contributed by atoms with E-state index in [2.05, 4.69) is 29.6 Å². The molecule has 4 aromatic rings. The molecule has 0 amide bonds. The Kier molecular flexibility index (Phi) is 6.17. The average molecular weight is 498 g/mol. The molecular formula is C22H23N7O5S. The lowest BCUT2D eigenvalue weighted by Gasteiger charge is -2.19. The fourth-order valence-electron chi connectivity index (χ4n) is 4.17. The molecule has 12 nitrogen and oxygen atoms in total. The Hall–Kier alpha value is -3.49. The maximum atomic E-state index is 11.1. The summed E-state index contributed by atoms with van der Waals surface area (Å²) in [6.07, 6.45) is 2.80. The van der Waals surface area contributed by atoms with Crippen molar-refractivity contribution in [3.63, 3.8) is 0 Å². The Morgan fingerprint density at radius 2 is 1.86 bits per heavy atom. The van der Waals surface area contributed by atoms with Crippen molar-refractivity contribution < 1.29 is 22.8 Å². The van der Waals surface area contributed by atoms with E-state index in [1.54, 1.807) is 35.2 Å². The van der Waals surface area contributed by atoms with E-state index in [1.165, 1.54) is 0 Å². The van der Waals surface area contributed by atoms with E-state index in [-0.39, 0.29) is 13.0 Å². The van der Waals surface area contributed by atoms with Gasteiger partial charge in [0.15, 0.2) is 5.65 Å². The highest BCUT2D eigenvalue weighted by atomic mass is 32.2. The maximum Gasteiger partial charge on any atom is 0.333 e. The predicted molar refractivity (Wildman–Crippen MR) is 126 cm³/mol. The molecule has 0 radical (unpaired) electrons. The molecule has 1 aliphatic rings. The third kappa shape index (κ3) is 4.99. The quantitative estimate of drug-likeness (QED) is 0.282. The van der Waals surface area contributed by atoms with E-state index in [9.17, 15) is 18.6 Å². The molecule has 1 saturated carbocycles. The topological polar surface area (TPSA) is 178 Å². The predicted octanol–water partition coefficient (Wildman–Crippen LogP) is 0.596. The number of aromatic nitrogens is 5. The first-order valence-electron chi connectivity index (χ1n) is 10.8. The minimum absolute atomic E-state index is 0.250. The van der Waals surface area contributed by atoms with Crippen molar-refractivity contribution in [3.05, 3.63) is 61.1 Å². The summed E-state index contributed by atoms with van der Waals surface area (Å²) in [5.41, 5.74) is 3.31. The van der Waals surface area contributed by atoms with Crippen LogP contribution in [0.1, 0.15) is 6.42 Å². The second kappa shape index (κ2) is 9.28. The first-order chi connectivity index (χ1) is 16.8. The first kappa shape index (κ1) is 23.3. The normalized spacial score (nSPS) is 22.5. The second-order valence-electron chi connectivity index (χ2n) is 8.29. The molecule has 0 aliphatic heterocycles. The van der Waals surface area contributed by atoms with Crippen LogP contribution in [-0.2, 0) is 14.5 Å². The third-order valence-corrected chi connectivity index (χ3v) is 6.37. The van der Waals surface area contributed by atoms with Crippen LogP contribution in [0.5, 0.6) is 0 Å². The van der Waals surface area contributed by atoms with Crippen LogP contribution < -0.4 is 10.5 Å². The van der Waals surface area contributed by atoms with Crippen LogP contribution in [0.15, 0.2) is 61.1 Å². The first-order valence-corrected chi connectivity index (χ1v) is 12.3. The zero-order valence-corrected chi connectivity index (χ0v) is 19.2. The lowest BCUT2D eigenvalue weighted by molar-refractivity contribution is 0.00777. The number of hydrogen-bond acceptors (Lipinski definition) is 10. The summed E-state index contributed by atoms with van der Waals surface area (Å²) < 4.78 is 28.3. The monoisotopic (exact) mass is 497 g/mol. The van der Waals surface area contributed by atoms with Crippen LogP contribution in [0.3, 0.4) is 0 Å². The Morgan fingerprint density at radius 1 is 1.09 bits per heavy atom. The number of nitrogens with zero attached hydrogens (tertiary/aromatic N) is 5. The van der Waals surface area contributed by atoms with Gasteiger partial charge in [-0.05, 0) is 12.5 Å². The Morgan fingerprint density at radius 3 is 2.63 bits per heavy atom. The molecule has 1 fully saturated rings. The third-order valence-electron chi connectivity index (χ3n) is 5.91. The second-order valence-corrected chi connectivity index (χ2v) is 9.51. The minimum Gasteiger partial charge on any atom is -0.390 e. The van der Waals surface area contributed by atoms with Crippen molar-refractivity contribution in [3.8, 4) is 22.6 Å². The van der Waals surface area contributed by atoms with Gasteiger partial charge in [0.25, 0.3) is 0 Å². The van der Waals surface area contributed by atoms with Crippen LogP contribution in [0.25, 0.3) is 28.3 Å². The van der Waals surface area contributed by atoms with Gasteiger partial charge >= 0.3 is 10.3 Å². The molecule has 1 aliphatic carbocycles. The zero-order chi connectivity index (χ0) is 24.6. The summed E-state index contributed by atoms with van der Waals surface area (Å²) >= 11 is 0. The van der Waals surface area contributed by atoms with Crippen LogP contribution in [-0.4, -0.2) is 68.1 Å². The molecule has 13 heteroatoms. The highest BCUT2D eigenvalue weighted by molar-refractivity contribution is 7.84. The Labute approximate surface area is 200 Å². The standard InChI is InChI=1S/C22H23N7O5S/c23-35(32,33)34-12-14-8-16(22(31)21(14)30)27-19-6-7-25-20-9-15(28-29(19)20)18-11-24-10-17(26-18)13-4-2-1-3-5-13/h1-7,9-11,14,16,21-22,27,30-31H,8,12H2,(H2,23,32,33)/t14?,16-,21-,22+/m1/s1. The summed E-state index contributed by atoms with van der Waals surface area (Å²) in [6, 6.07) is 12.5. The van der Waals surface area contributed by atoms with Gasteiger partial charge in [0, 0.05) is 23.7 Å².